The lowest BCUT2D eigenvalue weighted by molar-refractivity contribution is -0.139. The predicted molar refractivity (Wildman–Crippen MR) is 109 cm³/mol. The number of hydrogen-bond donors (Lipinski definition) is 2. The fraction of sp³-hybridized carbons (Fsp3) is 0.636. The summed E-state index contributed by atoms with van der Waals surface area (Å²) in [6.07, 6.45) is 11.1. The molecule has 0 atom stereocenters. The first-order chi connectivity index (χ1) is 13.2. The number of carbonyl (C=O) groups excluding carboxylic acids is 2. The van der Waals surface area contributed by atoms with E-state index in [1.807, 2.05) is 0 Å². The number of carbonyl (C=O) groups is 2. The van der Waals surface area contributed by atoms with Crippen molar-refractivity contribution in [3.05, 3.63) is 29.8 Å². The predicted octanol–water partition coefficient (Wildman–Crippen LogP) is 3.17. The Balaban J connectivity index is 1.33. The molecule has 2 amide bonds. The van der Waals surface area contributed by atoms with Crippen LogP contribution < -0.4 is 15.5 Å². The number of amides is 2. The summed E-state index contributed by atoms with van der Waals surface area (Å²) < 4.78 is 0. The summed E-state index contributed by atoms with van der Waals surface area (Å²) >= 11 is 0. The van der Waals surface area contributed by atoms with E-state index in [-0.39, 0.29) is 6.04 Å². The molecule has 5 heteroatoms. The second kappa shape index (κ2) is 10.3. The van der Waals surface area contributed by atoms with Crippen LogP contribution in [0, 0.1) is 0 Å². The van der Waals surface area contributed by atoms with Crippen LogP contribution in [0.4, 0.5) is 5.69 Å². The van der Waals surface area contributed by atoms with Crippen molar-refractivity contribution in [1.82, 2.24) is 10.6 Å². The molecule has 1 aliphatic carbocycles. The first kappa shape index (κ1) is 19.7. The molecule has 3 rings (SSSR count). The molecule has 1 aromatic carbocycles. The minimum absolute atomic E-state index is 0.167. The zero-order valence-corrected chi connectivity index (χ0v) is 16.3. The first-order valence-corrected chi connectivity index (χ1v) is 10.6. The van der Waals surface area contributed by atoms with Crippen molar-refractivity contribution in [2.75, 3.05) is 24.5 Å². The number of nitrogens with one attached hydrogen (secondary N) is 2. The highest BCUT2D eigenvalue weighted by atomic mass is 16.2. The molecule has 2 N–H and O–H groups in total. The van der Waals surface area contributed by atoms with Crippen LogP contribution in [-0.2, 0) is 16.0 Å². The minimum Gasteiger partial charge on any atom is -0.372 e. The van der Waals surface area contributed by atoms with Crippen LogP contribution in [0.5, 0.6) is 0 Å². The molecule has 1 saturated carbocycles. The largest absolute Gasteiger partial charge is 0.372 e. The van der Waals surface area contributed by atoms with E-state index in [0.29, 0.717) is 6.54 Å². The number of anilines is 1. The van der Waals surface area contributed by atoms with Gasteiger partial charge in [-0.05, 0) is 56.2 Å². The van der Waals surface area contributed by atoms with Crippen LogP contribution >= 0.6 is 0 Å². The topological polar surface area (TPSA) is 61.4 Å². The van der Waals surface area contributed by atoms with Gasteiger partial charge in [-0.15, -0.1) is 0 Å². The number of benzene rings is 1. The zero-order valence-electron chi connectivity index (χ0n) is 16.3. The number of rotatable bonds is 6. The van der Waals surface area contributed by atoms with Gasteiger partial charge in [-0.25, -0.2) is 0 Å². The molecular formula is C22H33N3O2. The standard InChI is InChI=1S/C22H33N3O2/c26-21(22(27)24-19-9-3-1-2-4-10-19)23-15-7-8-18-11-13-20(14-12-18)25-16-5-6-17-25/h11-14,19H,1-10,15-17H2,(H,23,26)(H,24,27). The molecule has 27 heavy (non-hydrogen) atoms. The Labute approximate surface area is 162 Å². The van der Waals surface area contributed by atoms with Gasteiger partial charge < -0.3 is 15.5 Å². The van der Waals surface area contributed by atoms with Gasteiger partial charge in [0.05, 0.1) is 0 Å². The fourth-order valence-electron chi connectivity index (χ4n) is 4.10. The minimum atomic E-state index is -0.497. The third-order valence-corrected chi connectivity index (χ3v) is 5.73. The van der Waals surface area contributed by atoms with Gasteiger partial charge >= 0.3 is 11.8 Å². The van der Waals surface area contributed by atoms with Crippen molar-refractivity contribution in [3.63, 3.8) is 0 Å². The lowest BCUT2D eigenvalue weighted by atomic mass is 10.1. The molecule has 1 aliphatic heterocycles. The summed E-state index contributed by atoms with van der Waals surface area (Å²) in [5.41, 5.74) is 2.58. The Hall–Kier alpha value is -2.04. The number of nitrogens with zero attached hydrogens (tertiary/aromatic N) is 1. The maximum absolute atomic E-state index is 12.0. The molecule has 148 valence electrons. The second-order valence-electron chi connectivity index (χ2n) is 7.88. The SMILES string of the molecule is O=C(NCCCc1ccc(N2CCCC2)cc1)C(=O)NC1CCCCCC1. The Bertz CT molecular complexity index is 600. The smallest absolute Gasteiger partial charge is 0.309 e. The third-order valence-electron chi connectivity index (χ3n) is 5.73. The van der Waals surface area contributed by atoms with Gasteiger partial charge in [0.1, 0.15) is 0 Å². The molecule has 0 spiro atoms. The molecule has 0 bridgehead atoms. The van der Waals surface area contributed by atoms with Gasteiger partial charge in [0.25, 0.3) is 0 Å². The van der Waals surface area contributed by atoms with Crippen molar-refractivity contribution in [1.29, 1.82) is 0 Å². The summed E-state index contributed by atoms with van der Waals surface area (Å²) in [4.78, 5) is 26.4. The van der Waals surface area contributed by atoms with E-state index in [1.165, 1.54) is 36.9 Å². The van der Waals surface area contributed by atoms with E-state index in [2.05, 4.69) is 39.8 Å². The molecule has 2 aliphatic rings. The van der Waals surface area contributed by atoms with Gasteiger partial charge in [-0.1, -0.05) is 37.8 Å². The summed E-state index contributed by atoms with van der Waals surface area (Å²) in [5, 5.41) is 5.65. The lowest BCUT2D eigenvalue weighted by Crippen LogP contribution is -2.44. The monoisotopic (exact) mass is 371 g/mol. The summed E-state index contributed by atoms with van der Waals surface area (Å²) in [7, 11) is 0. The highest BCUT2D eigenvalue weighted by Gasteiger charge is 2.19. The fourth-order valence-corrected chi connectivity index (χ4v) is 4.10. The van der Waals surface area contributed by atoms with Crippen LogP contribution in [0.2, 0.25) is 0 Å². The van der Waals surface area contributed by atoms with Crippen molar-refractivity contribution >= 4 is 17.5 Å². The average molecular weight is 372 g/mol. The van der Waals surface area contributed by atoms with Gasteiger partial charge in [0, 0.05) is 31.4 Å². The Morgan fingerprint density at radius 3 is 2.22 bits per heavy atom. The molecule has 1 heterocycles. The van der Waals surface area contributed by atoms with Crippen LogP contribution in [0.25, 0.3) is 0 Å². The van der Waals surface area contributed by atoms with Crippen LogP contribution in [0.15, 0.2) is 24.3 Å². The highest BCUT2D eigenvalue weighted by molar-refractivity contribution is 6.35. The second-order valence-corrected chi connectivity index (χ2v) is 7.88. The first-order valence-electron chi connectivity index (χ1n) is 10.6. The molecule has 0 aromatic heterocycles. The van der Waals surface area contributed by atoms with E-state index < -0.39 is 11.8 Å². The Morgan fingerprint density at radius 1 is 0.889 bits per heavy atom. The molecule has 5 nitrogen and oxygen atoms in total. The summed E-state index contributed by atoms with van der Waals surface area (Å²) in [6.45, 7) is 2.85. The van der Waals surface area contributed by atoms with Gasteiger partial charge in [0.15, 0.2) is 0 Å². The Kier molecular flexibility index (Phi) is 7.55. The van der Waals surface area contributed by atoms with Crippen molar-refractivity contribution in [2.45, 2.75) is 70.3 Å². The summed E-state index contributed by atoms with van der Waals surface area (Å²) in [6, 6.07) is 8.90. The maximum atomic E-state index is 12.0. The lowest BCUT2D eigenvalue weighted by Gasteiger charge is -2.17. The molecule has 0 radical (unpaired) electrons. The molecule has 0 unspecified atom stereocenters. The molecular weight excluding hydrogens is 338 g/mol. The number of hydrogen-bond acceptors (Lipinski definition) is 3. The van der Waals surface area contributed by atoms with Crippen LogP contribution in [0.3, 0.4) is 0 Å². The highest BCUT2D eigenvalue weighted by Crippen LogP contribution is 2.20. The Morgan fingerprint density at radius 2 is 1.56 bits per heavy atom. The molecule has 1 saturated heterocycles. The van der Waals surface area contributed by atoms with Gasteiger partial charge in [0.2, 0.25) is 0 Å². The van der Waals surface area contributed by atoms with Crippen molar-refractivity contribution in [2.24, 2.45) is 0 Å². The van der Waals surface area contributed by atoms with E-state index in [4.69, 9.17) is 0 Å². The average Bonchev–Trinajstić information content (AvgIpc) is 3.11. The zero-order chi connectivity index (χ0) is 18.9. The summed E-state index contributed by atoms with van der Waals surface area (Å²) in [5.74, 6) is -0.972. The van der Waals surface area contributed by atoms with Gasteiger partial charge in [-0.3, -0.25) is 9.59 Å². The van der Waals surface area contributed by atoms with E-state index >= 15 is 0 Å². The number of aryl methyl sites for hydroxylation is 1. The molecule has 1 aromatic rings. The van der Waals surface area contributed by atoms with Gasteiger partial charge in [-0.2, -0.15) is 0 Å². The van der Waals surface area contributed by atoms with Crippen molar-refractivity contribution in [3.8, 4) is 0 Å². The van der Waals surface area contributed by atoms with Crippen molar-refractivity contribution < 1.29 is 9.59 Å². The van der Waals surface area contributed by atoms with E-state index in [1.54, 1.807) is 0 Å². The maximum Gasteiger partial charge on any atom is 0.309 e. The van der Waals surface area contributed by atoms with Crippen LogP contribution in [0.1, 0.15) is 63.4 Å². The third kappa shape index (κ3) is 6.26. The van der Waals surface area contributed by atoms with E-state index in [0.717, 1.165) is 51.6 Å². The molecule has 2 fully saturated rings. The van der Waals surface area contributed by atoms with Crippen LogP contribution in [-0.4, -0.2) is 37.5 Å². The quantitative estimate of drug-likeness (QED) is 0.459. The normalized spacial score (nSPS) is 18.1. The van der Waals surface area contributed by atoms with E-state index in [9.17, 15) is 9.59 Å².